The first-order valence-corrected chi connectivity index (χ1v) is 9.06. The topological polar surface area (TPSA) is 114 Å². The highest BCUT2D eigenvalue weighted by Crippen LogP contribution is 2.41. The number of carbonyl (C=O) groups excluding carboxylic acids is 2. The van der Waals surface area contributed by atoms with E-state index in [1.54, 1.807) is 0 Å². The highest BCUT2D eigenvalue weighted by Gasteiger charge is 2.35. The Hall–Kier alpha value is -3.16. The Morgan fingerprint density at radius 3 is 2.79 bits per heavy atom. The average molecular weight is 385 g/mol. The van der Waals surface area contributed by atoms with Crippen LogP contribution in [0.25, 0.3) is 0 Å². The summed E-state index contributed by atoms with van der Waals surface area (Å²) < 4.78 is 5.76. The van der Waals surface area contributed by atoms with E-state index in [4.69, 9.17) is 4.42 Å². The number of nitrogens with one attached hydrogen (secondary N) is 2. The fourth-order valence-electron chi connectivity index (χ4n) is 3.58. The number of amides is 2. The number of hydrogen-bond donors (Lipinski definition) is 2. The van der Waals surface area contributed by atoms with Crippen molar-refractivity contribution in [2.45, 2.75) is 39.7 Å². The van der Waals surface area contributed by atoms with Gasteiger partial charge in [-0.05, 0) is 30.9 Å². The molecule has 0 radical (unpaired) electrons. The summed E-state index contributed by atoms with van der Waals surface area (Å²) in [5.41, 5.74) is 0.926. The number of rotatable bonds is 5. The number of carbonyl (C=O) groups is 2. The highest BCUT2D eigenvalue weighted by molar-refractivity contribution is 5.97. The van der Waals surface area contributed by atoms with Crippen LogP contribution in [0.15, 0.2) is 34.7 Å². The second-order valence-corrected chi connectivity index (χ2v) is 7.89. The van der Waals surface area contributed by atoms with E-state index in [1.807, 2.05) is 13.0 Å². The first-order chi connectivity index (χ1) is 13.1. The van der Waals surface area contributed by atoms with E-state index in [0.717, 1.165) is 29.9 Å². The molecular weight excluding hydrogens is 362 g/mol. The molecule has 0 saturated heterocycles. The molecule has 0 saturated carbocycles. The summed E-state index contributed by atoms with van der Waals surface area (Å²) in [5.74, 6) is 0.828. The third-order valence-corrected chi connectivity index (χ3v) is 4.80. The van der Waals surface area contributed by atoms with Crippen LogP contribution in [-0.2, 0) is 11.2 Å². The zero-order chi connectivity index (χ0) is 20.5. The van der Waals surface area contributed by atoms with Gasteiger partial charge in [-0.25, -0.2) is 0 Å². The first kappa shape index (κ1) is 19.6. The van der Waals surface area contributed by atoms with Crippen LogP contribution in [0, 0.1) is 22.5 Å². The van der Waals surface area contributed by atoms with Crippen molar-refractivity contribution in [1.29, 1.82) is 0 Å². The minimum atomic E-state index is -0.571. The van der Waals surface area contributed by atoms with Crippen molar-refractivity contribution >= 4 is 17.5 Å². The van der Waals surface area contributed by atoms with Crippen molar-refractivity contribution in [3.8, 4) is 0 Å². The number of nitrogens with zero attached hydrogens (tertiary/aromatic N) is 1. The quantitative estimate of drug-likeness (QED) is 0.606. The van der Waals surface area contributed by atoms with Gasteiger partial charge in [0.05, 0.1) is 17.5 Å². The van der Waals surface area contributed by atoms with E-state index < -0.39 is 10.8 Å². The second-order valence-electron chi connectivity index (χ2n) is 7.89. The fraction of sp³-hybridized carbons (Fsp3) is 0.400. The summed E-state index contributed by atoms with van der Waals surface area (Å²) in [6.45, 7) is 5.90. The molecule has 1 aliphatic carbocycles. The number of aryl methyl sites for hydroxylation is 1. The number of nitro groups is 1. The summed E-state index contributed by atoms with van der Waals surface area (Å²) in [6.07, 6.45) is 1.58. The molecule has 1 aliphatic rings. The molecule has 1 atom stereocenters. The number of fused-ring (bicyclic) bond motifs is 1. The van der Waals surface area contributed by atoms with Gasteiger partial charge < -0.3 is 15.1 Å². The summed E-state index contributed by atoms with van der Waals surface area (Å²) >= 11 is 0. The number of benzene rings is 1. The van der Waals surface area contributed by atoms with Gasteiger partial charge in [0.1, 0.15) is 11.5 Å². The second kappa shape index (κ2) is 7.46. The Morgan fingerprint density at radius 2 is 2.07 bits per heavy atom. The SMILES string of the molecule is Cc1cc2c(o1)CC(C)(C)C[C@H]2NC(=O)CNC(=O)c1cccc([N+](=O)[O-])c1. The van der Waals surface area contributed by atoms with Crippen molar-refractivity contribution in [3.63, 3.8) is 0 Å². The van der Waals surface area contributed by atoms with Gasteiger partial charge in [-0.3, -0.25) is 19.7 Å². The van der Waals surface area contributed by atoms with E-state index in [-0.39, 0.29) is 35.2 Å². The van der Waals surface area contributed by atoms with Crippen LogP contribution < -0.4 is 10.6 Å². The minimum Gasteiger partial charge on any atom is -0.466 e. The molecule has 28 heavy (non-hydrogen) atoms. The Balaban J connectivity index is 1.62. The van der Waals surface area contributed by atoms with Gasteiger partial charge in [0.2, 0.25) is 5.91 Å². The van der Waals surface area contributed by atoms with Crippen LogP contribution >= 0.6 is 0 Å². The molecule has 8 nitrogen and oxygen atoms in total. The monoisotopic (exact) mass is 385 g/mol. The maximum absolute atomic E-state index is 12.4. The molecule has 1 aromatic heterocycles. The van der Waals surface area contributed by atoms with Crippen LogP contribution in [-0.4, -0.2) is 23.3 Å². The van der Waals surface area contributed by atoms with E-state index in [9.17, 15) is 19.7 Å². The van der Waals surface area contributed by atoms with Gasteiger partial charge in [-0.15, -0.1) is 0 Å². The predicted octanol–water partition coefficient (Wildman–Crippen LogP) is 3.06. The molecular formula is C20H23N3O5. The zero-order valence-corrected chi connectivity index (χ0v) is 16.1. The third-order valence-electron chi connectivity index (χ3n) is 4.80. The first-order valence-electron chi connectivity index (χ1n) is 9.06. The number of non-ortho nitro benzene ring substituents is 1. The summed E-state index contributed by atoms with van der Waals surface area (Å²) in [7, 11) is 0. The lowest BCUT2D eigenvalue weighted by Crippen LogP contribution is -2.41. The van der Waals surface area contributed by atoms with Crippen molar-refractivity contribution in [1.82, 2.24) is 10.6 Å². The maximum atomic E-state index is 12.4. The lowest BCUT2D eigenvalue weighted by molar-refractivity contribution is -0.384. The van der Waals surface area contributed by atoms with Gasteiger partial charge in [0.25, 0.3) is 11.6 Å². The van der Waals surface area contributed by atoms with E-state index in [0.29, 0.717) is 0 Å². The molecule has 0 spiro atoms. The lowest BCUT2D eigenvalue weighted by Gasteiger charge is -2.34. The summed E-state index contributed by atoms with van der Waals surface area (Å²) in [5, 5.41) is 16.3. The van der Waals surface area contributed by atoms with Gasteiger partial charge >= 0.3 is 0 Å². The molecule has 2 N–H and O–H groups in total. The molecule has 8 heteroatoms. The summed E-state index contributed by atoms with van der Waals surface area (Å²) in [6, 6.07) is 7.14. The molecule has 0 fully saturated rings. The predicted molar refractivity (Wildman–Crippen MR) is 102 cm³/mol. The van der Waals surface area contributed by atoms with Crippen LogP contribution in [0.1, 0.15) is 53.8 Å². The normalized spacial score (nSPS) is 17.5. The molecule has 3 rings (SSSR count). The van der Waals surface area contributed by atoms with Crippen LogP contribution in [0.2, 0.25) is 0 Å². The highest BCUT2D eigenvalue weighted by atomic mass is 16.6. The lowest BCUT2D eigenvalue weighted by atomic mass is 9.74. The van der Waals surface area contributed by atoms with Crippen molar-refractivity contribution in [2.75, 3.05) is 6.54 Å². The summed E-state index contributed by atoms with van der Waals surface area (Å²) in [4.78, 5) is 34.8. The molecule has 0 aliphatic heterocycles. The molecule has 1 heterocycles. The van der Waals surface area contributed by atoms with Crippen molar-refractivity contribution in [3.05, 3.63) is 63.1 Å². The van der Waals surface area contributed by atoms with Gasteiger partial charge in [-0.1, -0.05) is 19.9 Å². The Labute approximate surface area is 162 Å². The molecule has 1 aromatic carbocycles. The average Bonchev–Trinajstić information content (AvgIpc) is 2.98. The largest absolute Gasteiger partial charge is 0.466 e. The number of hydrogen-bond acceptors (Lipinski definition) is 5. The molecule has 2 aromatic rings. The van der Waals surface area contributed by atoms with Gasteiger partial charge in [0, 0.05) is 29.7 Å². The Bertz CT molecular complexity index is 932. The van der Waals surface area contributed by atoms with Crippen LogP contribution in [0.3, 0.4) is 0 Å². The maximum Gasteiger partial charge on any atom is 0.270 e. The smallest absolute Gasteiger partial charge is 0.270 e. The number of nitro benzene ring substituents is 1. The molecule has 2 amide bonds. The molecule has 148 valence electrons. The molecule has 0 unspecified atom stereocenters. The van der Waals surface area contributed by atoms with Gasteiger partial charge in [-0.2, -0.15) is 0 Å². The van der Waals surface area contributed by atoms with Crippen molar-refractivity contribution < 1.29 is 18.9 Å². The Morgan fingerprint density at radius 1 is 1.32 bits per heavy atom. The zero-order valence-electron chi connectivity index (χ0n) is 16.1. The van der Waals surface area contributed by atoms with E-state index in [2.05, 4.69) is 24.5 Å². The van der Waals surface area contributed by atoms with E-state index in [1.165, 1.54) is 24.3 Å². The Kier molecular flexibility index (Phi) is 5.22. The fourth-order valence-corrected chi connectivity index (χ4v) is 3.58. The van der Waals surface area contributed by atoms with Crippen LogP contribution in [0.4, 0.5) is 5.69 Å². The van der Waals surface area contributed by atoms with E-state index >= 15 is 0 Å². The van der Waals surface area contributed by atoms with Crippen LogP contribution in [0.5, 0.6) is 0 Å². The third kappa shape index (κ3) is 4.39. The van der Waals surface area contributed by atoms with Gasteiger partial charge in [0.15, 0.2) is 0 Å². The molecule has 0 bridgehead atoms. The minimum absolute atomic E-state index is 0.0124. The standard InChI is InChI=1S/C20H23N3O5/c1-12-7-15-16(9-20(2,3)10-17(15)28-12)22-18(24)11-21-19(25)13-5-4-6-14(8-13)23(26)27/h4-8,16H,9-11H2,1-3H3,(H,21,25)(H,22,24)/t16-/m1/s1. The van der Waals surface area contributed by atoms with Crippen molar-refractivity contribution in [2.24, 2.45) is 5.41 Å². The number of furan rings is 1.